The maximum atomic E-state index is 2.31. The van der Waals surface area contributed by atoms with Gasteiger partial charge < -0.3 is 0 Å². The Labute approximate surface area is 61.2 Å². The molecule has 0 aliphatic carbocycles. The highest BCUT2D eigenvalue weighted by Gasteiger charge is 1.83. The molecule has 0 rings (SSSR count). The Bertz CT molecular complexity index is 67.0. The van der Waals surface area contributed by atoms with E-state index in [0.717, 1.165) is 0 Å². The Morgan fingerprint density at radius 1 is 1.44 bits per heavy atom. The number of allylic oxidation sites excluding steroid dienone is 2. The lowest BCUT2D eigenvalue weighted by Gasteiger charge is -1.91. The summed E-state index contributed by atoms with van der Waals surface area (Å²) < 4.78 is 0. The molecule has 9 heavy (non-hydrogen) atoms. The van der Waals surface area contributed by atoms with Gasteiger partial charge in [0.1, 0.15) is 0 Å². The van der Waals surface area contributed by atoms with Crippen LogP contribution in [0.4, 0.5) is 0 Å². The van der Waals surface area contributed by atoms with E-state index in [2.05, 4.69) is 26.0 Å². The molecular formula is C8H18Si. The first-order valence-electron chi connectivity index (χ1n) is 4.03. The predicted octanol–water partition coefficient (Wildman–Crippen LogP) is 2.37. The van der Waals surface area contributed by atoms with Crippen LogP contribution in [0.3, 0.4) is 0 Å². The van der Waals surface area contributed by atoms with Crippen molar-refractivity contribution < 1.29 is 0 Å². The molecule has 0 radical (unpaired) electrons. The van der Waals surface area contributed by atoms with E-state index in [0.29, 0.717) is 9.52 Å². The topological polar surface area (TPSA) is 0 Å². The zero-order valence-corrected chi connectivity index (χ0v) is 8.10. The predicted molar refractivity (Wildman–Crippen MR) is 47.9 cm³/mol. The van der Waals surface area contributed by atoms with Gasteiger partial charge in [-0.1, -0.05) is 38.0 Å². The van der Waals surface area contributed by atoms with Crippen molar-refractivity contribution in [3.63, 3.8) is 0 Å². The lowest BCUT2D eigenvalue weighted by molar-refractivity contribution is 0.878. The van der Waals surface area contributed by atoms with E-state index in [9.17, 15) is 0 Å². The van der Waals surface area contributed by atoms with E-state index in [1.54, 1.807) is 6.04 Å². The first kappa shape index (κ1) is 8.96. The van der Waals surface area contributed by atoms with Crippen LogP contribution >= 0.6 is 0 Å². The first-order valence-corrected chi connectivity index (χ1v) is 6.03. The molecule has 0 bridgehead atoms. The Morgan fingerprint density at radius 3 is 2.78 bits per heavy atom. The highest BCUT2D eigenvalue weighted by Crippen LogP contribution is 1.95. The third-order valence-electron chi connectivity index (χ3n) is 1.46. The van der Waals surface area contributed by atoms with Crippen LogP contribution in [-0.4, -0.2) is 9.52 Å². The average molecular weight is 142 g/mol. The van der Waals surface area contributed by atoms with Gasteiger partial charge in [-0.25, -0.2) is 0 Å². The van der Waals surface area contributed by atoms with Crippen LogP contribution in [-0.2, 0) is 0 Å². The van der Waals surface area contributed by atoms with Crippen molar-refractivity contribution in [1.29, 1.82) is 0 Å². The molecule has 0 spiro atoms. The Hall–Kier alpha value is -0.0431. The molecule has 0 amide bonds. The van der Waals surface area contributed by atoms with Gasteiger partial charge in [-0.15, -0.1) is 0 Å². The van der Waals surface area contributed by atoms with Crippen LogP contribution in [0.2, 0.25) is 12.1 Å². The zero-order valence-electron chi connectivity index (χ0n) is 6.69. The van der Waals surface area contributed by atoms with Gasteiger partial charge in [-0.3, -0.25) is 0 Å². The smallest absolute Gasteiger partial charge is 0.0240 e. The second-order valence-corrected chi connectivity index (χ2v) is 4.41. The molecule has 0 aliphatic heterocycles. The van der Waals surface area contributed by atoms with E-state index in [1.807, 2.05) is 0 Å². The van der Waals surface area contributed by atoms with E-state index in [4.69, 9.17) is 0 Å². The molecule has 0 heterocycles. The molecule has 0 saturated carbocycles. The van der Waals surface area contributed by atoms with Crippen LogP contribution in [0.25, 0.3) is 0 Å². The van der Waals surface area contributed by atoms with Gasteiger partial charge in [0.2, 0.25) is 0 Å². The number of rotatable bonds is 5. The van der Waals surface area contributed by atoms with Gasteiger partial charge in [-0.05, 0) is 13.0 Å². The first-order chi connectivity index (χ1) is 4.41. The Balaban J connectivity index is 2.75. The summed E-state index contributed by atoms with van der Waals surface area (Å²) in [4.78, 5) is 0. The van der Waals surface area contributed by atoms with E-state index < -0.39 is 0 Å². The summed E-state index contributed by atoms with van der Waals surface area (Å²) in [6.45, 7) is 4.37. The van der Waals surface area contributed by atoms with Gasteiger partial charge in [-0.2, -0.15) is 0 Å². The van der Waals surface area contributed by atoms with Crippen LogP contribution < -0.4 is 0 Å². The fourth-order valence-electron chi connectivity index (χ4n) is 0.856. The van der Waals surface area contributed by atoms with E-state index in [-0.39, 0.29) is 0 Å². The standard InChI is InChI=1S/C8H18Si/c1-3-5-7-9-8-6-4-2/h3,5H,4,6-9H2,1-2H3. The summed E-state index contributed by atoms with van der Waals surface area (Å²) in [6, 6.07) is 2.96. The molecule has 0 unspecified atom stereocenters. The fraction of sp³-hybridized carbons (Fsp3) is 0.750. The lowest BCUT2D eigenvalue weighted by Crippen LogP contribution is -1.84. The van der Waals surface area contributed by atoms with Gasteiger partial charge in [0, 0.05) is 9.52 Å². The van der Waals surface area contributed by atoms with E-state index in [1.165, 1.54) is 18.9 Å². The Morgan fingerprint density at radius 2 is 2.22 bits per heavy atom. The normalized spacial score (nSPS) is 12.2. The van der Waals surface area contributed by atoms with Crippen molar-refractivity contribution in [2.75, 3.05) is 0 Å². The van der Waals surface area contributed by atoms with Gasteiger partial charge >= 0.3 is 0 Å². The van der Waals surface area contributed by atoms with Gasteiger partial charge in [0.25, 0.3) is 0 Å². The van der Waals surface area contributed by atoms with Crippen LogP contribution in [0.15, 0.2) is 12.2 Å². The second-order valence-electron chi connectivity index (χ2n) is 2.42. The molecule has 0 saturated heterocycles. The summed E-state index contributed by atoms with van der Waals surface area (Å²) in [5, 5.41) is 0. The van der Waals surface area contributed by atoms with Crippen molar-refractivity contribution in [3.8, 4) is 0 Å². The van der Waals surface area contributed by atoms with Gasteiger partial charge in [0.05, 0.1) is 0 Å². The summed E-state index contributed by atoms with van der Waals surface area (Å²) >= 11 is 0. The number of hydrogen-bond donors (Lipinski definition) is 0. The Kier molecular flexibility index (Phi) is 7.92. The minimum absolute atomic E-state index is 0.303. The highest BCUT2D eigenvalue weighted by molar-refractivity contribution is 6.36. The molecule has 0 N–H and O–H groups in total. The van der Waals surface area contributed by atoms with Crippen LogP contribution in [0.1, 0.15) is 26.7 Å². The van der Waals surface area contributed by atoms with Gasteiger partial charge in [0.15, 0.2) is 0 Å². The molecule has 54 valence electrons. The third kappa shape index (κ3) is 7.96. The quantitative estimate of drug-likeness (QED) is 0.314. The van der Waals surface area contributed by atoms with Crippen molar-refractivity contribution >= 4 is 9.52 Å². The second kappa shape index (κ2) is 7.96. The molecule has 0 atom stereocenters. The molecule has 1 heteroatoms. The highest BCUT2D eigenvalue weighted by atomic mass is 28.2. The number of unbranched alkanes of at least 4 members (excludes halogenated alkanes) is 1. The fourth-order valence-corrected chi connectivity index (χ4v) is 2.57. The van der Waals surface area contributed by atoms with Crippen molar-refractivity contribution in [3.05, 3.63) is 12.2 Å². The minimum atomic E-state index is 0.303. The third-order valence-corrected chi connectivity index (χ3v) is 3.20. The van der Waals surface area contributed by atoms with Crippen LogP contribution in [0.5, 0.6) is 0 Å². The molecule has 0 aromatic carbocycles. The summed E-state index contributed by atoms with van der Waals surface area (Å²) in [7, 11) is 0.303. The largest absolute Gasteiger partial charge is 0.0920 e. The van der Waals surface area contributed by atoms with Crippen molar-refractivity contribution in [2.45, 2.75) is 38.8 Å². The maximum Gasteiger partial charge on any atom is 0.0240 e. The minimum Gasteiger partial charge on any atom is -0.0920 e. The number of hydrogen-bond acceptors (Lipinski definition) is 0. The molecule has 0 nitrogen and oxygen atoms in total. The summed E-state index contributed by atoms with van der Waals surface area (Å²) in [5.74, 6) is 0. The van der Waals surface area contributed by atoms with Crippen LogP contribution in [0, 0.1) is 0 Å². The average Bonchev–Trinajstić information content (AvgIpc) is 1.89. The SMILES string of the molecule is CC=CC[SiH2]CCCC. The molecular weight excluding hydrogens is 124 g/mol. The molecule has 0 fully saturated rings. The van der Waals surface area contributed by atoms with E-state index >= 15 is 0 Å². The van der Waals surface area contributed by atoms with Crippen molar-refractivity contribution in [1.82, 2.24) is 0 Å². The monoisotopic (exact) mass is 142 g/mol. The molecule has 0 aromatic heterocycles. The zero-order chi connectivity index (χ0) is 6.95. The maximum absolute atomic E-state index is 2.31. The van der Waals surface area contributed by atoms with Crippen molar-refractivity contribution in [2.24, 2.45) is 0 Å². The molecule has 0 aliphatic rings. The summed E-state index contributed by atoms with van der Waals surface area (Å²) in [5.41, 5.74) is 0. The molecule has 0 aromatic rings. The summed E-state index contributed by atoms with van der Waals surface area (Å²) in [6.07, 6.45) is 7.31. The lowest BCUT2D eigenvalue weighted by atomic mass is 10.4.